The molecule has 0 bridgehead atoms. The summed E-state index contributed by atoms with van der Waals surface area (Å²) in [5.41, 5.74) is 1.79. The third-order valence-corrected chi connectivity index (χ3v) is 3.35. The number of carbonyl (C=O) groups excluding carboxylic acids is 1. The summed E-state index contributed by atoms with van der Waals surface area (Å²) in [4.78, 5) is 14.1. The number of halogens is 2. The minimum atomic E-state index is 0.0445. The maximum Gasteiger partial charge on any atom is 0.255 e. The van der Waals surface area contributed by atoms with Gasteiger partial charge in [0.05, 0.1) is 5.56 Å². The van der Waals surface area contributed by atoms with Gasteiger partial charge in [-0.05, 0) is 41.4 Å². The van der Waals surface area contributed by atoms with E-state index in [2.05, 4.69) is 22.9 Å². The topological polar surface area (TPSA) is 20.3 Å². The summed E-state index contributed by atoms with van der Waals surface area (Å²) >= 11 is 9.15. The van der Waals surface area contributed by atoms with Crippen molar-refractivity contribution in [2.24, 2.45) is 0 Å². The minimum absolute atomic E-state index is 0.0445. The second-order valence-electron chi connectivity index (χ2n) is 3.96. The van der Waals surface area contributed by atoms with E-state index < -0.39 is 0 Å². The van der Waals surface area contributed by atoms with E-state index in [1.807, 2.05) is 25.1 Å². The average molecular weight is 319 g/mol. The molecule has 0 N–H and O–H groups in total. The molecule has 1 amide bonds. The summed E-state index contributed by atoms with van der Waals surface area (Å²) in [6.07, 6.45) is 0.937. The van der Waals surface area contributed by atoms with Crippen LogP contribution in [0.25, 0.3) is 0 Å². The van der Waals surface area contributed by atoms with Crippen LogP contribution in [-0.2, 0) is 0 Å². The number of alkyl halides is 1. The summed E-state index contributed by atoms with van der Waals surface area (Å²) in [6, 6.07) is 5.79. The van der Waals surface area contributed by atoms with Gasteiger partial charge in [-0.15, -0.1) is 11.6 Å². The first-order chi connectivity index (χ1) is 8.10. The van der Waals surface area contributed by atoms with Gasteiger partial charge in [0, 0.05) is 23.4 Å². The highest BCUT2D eigenvalue weighted by Crippen LogP contribution is 2.20. The number of hydrogen-bond donors (Lipinski definition) is 0. The van der Waals surface area contributed by atoms with Crippen molar-refractivity contribution in [3.05, 3.63) is 33.8 Å². The Labute approximate surface area is 116 Å². The number of amides is 1. The van der Waals surface area contributed by atoms with Crippen molar-refractivity contribution < 1.29 is 4.79 Å². The van der Waals surface area contributed by atoms with Crippen molar-refractivity contribution in [2.75, 3.05) is 19.0 Å². The largest absolute Gasteiger partial charge is 0.337 e. The lowest BCUT2D eigenvalue weighted by Gasteiger charge is -2.21. The number of rotatable bonds is 5. The molecule has 0 aliphatic heterocycles. The number of carbonyl (C=O) groups is 1. The molecule has 1 rings (SSSR count). The molecule has 0 heterocycles. The minimum Gasteiger partial charge on any atom is -0.337 e. The van der Waals surface area contributed by atoms with Crippen LogP contribution in [0.2, 0.25) is 0 Å². The van der Waals surface area contributed by atoms with Gasteiger partial charge in [0.15, 0.2) is 0 Å². The summed E-state index contributed by atoms with van der Waals surface area (Å²) in [6.45, 7) is 5.37. The van der Waals surface area contributed by atoms with Crippen molar-refractivity contribution in [3.63, 3.8) is 0 Å². The summed E-state index contributed by atoms with van der Waals surface area (Å²) in [5.74, 6) is 0.512. The van der Waals surface area contributed by atoms with E-state index in [1.54, 1.807) is 4.90 Å². The molecule has 0 fully saturated rings. The van der Waals surface area contributed by atoms with E-state index in [-0.39, 0.29) is 5.91 Å². The highest BCUT2D eigenvalue weighted by Gasteiger charge is 2.17. The number of hydrogen-bond acceptors (Lipinski definition) is 1. The van der Waals surface area contributed by atoms with E-state index in [4.69, 9.17) is 11.6 Å². The first kappa shape index (κ1) is 14.5. The Kier molecular flexibility index (Phi) is 6.00. The van der Waals surface area contributed by atoms with Crippen LogP contribution in [0.15, 0.2) is 22.7 Å². The number of nitrogens with zero attached hydrogens (tertiary/aromatic N) is 1. The fourth-order valence-corrected chi connectivity index (χ4v) is 2.28. The molecule has 0 spiro atoms. The zero-order valence-corrected chi connectivity index (χ0v) is 12.5. The van der Waals surface area contributed by atoms with Crippen molar-refractivity contribution >= 4 is 33.4 Å². The summed E-state index contributed by atoms with van der Waals surface area (Å²) in [5, 5.41) is 0. The molecule has 0 aliphatic rings. The van der Waals surface area contributed by atoms with Crippen LogP contribution in [-0.4, -0.2) is 29.8 Å². The lowest BCUT2D eigenvalue weighted by molar-refractivity contribution is 0.0764. The molecule has 1 aromatic carbocycles. The lowest BCUT2D eigenvalue weighted by atomic mass is 10.1. The lowest BCUT2D eigenvalue weighted by Crippen LogP contribution is -2.33. The molecule has 17 heavy (non-hydrogen) atoms. The van der Waals surface area contributed by atoms with Crippen LogP contribution < -0.4 is 0 Å². The third kappa shape index (κ3) is 4.00. The molecule has 1 aromatic rings. The van der Waals surface area contributed by atoms with E-state index >= 15 is 0 Å². The Bertz CT molecular complexity index is 389. The van der Waals surface area contributed by atoms with Crippen molar-refractivity contribution in [3.8, 4) is 0 Å². The van der Waals surface area contributed by atoms with Crippen molar-refractivity contribution in [1.82, 2.24) is 4.90 Å². The number of benzene rings is 1. The SMILES string of the molecule is CCCN(CCCl)C(=O)c1cc(C)ccc1Br. The van der Waals surface area contributed by atoms with Gasteiger partial charge in [-0.2, -0.15) is 0 Å². The van der Waals surface area contributed by atoms with Gasteiger partial charge in [-0.3, -0.25) is 4.79 Å². The summed E-state index contributed by atoms with van der Waals surface area (Å²) < 4.78 is 0.837. The fraction of sp³-hybridized carbons (Fsp3) is 0.462. The van der Waals surface area contributed by atoms with Crippen LogP contribution in [0.5, 0.6) is 0 Å². The molecular weight excluding hydrogens is 302 g/mol. The molecule has 0 radical (unpaired) electrons. The maximum absolute atomic E-state index is 12.3. The van der Waals surface area contributed by atoms with Gasteiger partial charge >= 0.3 is 0 Å². The van der Waals surface area contributed by atoms with Crippen LogP contribution >= 0.6 is 27.5 Å². The standard InChI is InChI=1S/C13H17BrClNO/c1-3-7-16(8-6-15)13(17)11-9-10(2)4-5-12(11)14/h4-5,9H,3,6-8H2,1-2H3. The van der Waals surface area contributed by atoms with Crippen molar-refractivity contribution in [1.29, 1.82) is 0 Å². The molecular formula is C13H17BrClNO. The fourth-order valence-electron chi connectivity index (χ4n) is 1.66. The quantitative estimate of drug-likeness (QED) is 0.755. The first-order valence-electron chi connectivity index (χ1n) is 5.71. The molecule has 0 saturated heterocycles. The Morgan fingerprint density at radius 3 is 2.71 bits per heavy atom. The molecule has 0 atom stereocenters. The Morgan fingerprint density at radius 2 is 2.12 bits per heavy atom. The Balaban J connectivity index is 2.95. The van der Waals surface area contributed by atoms with E-state index in [0.29, 0.717) is 18.0 Å². The predicted octanol–water partition coefficient (Wildman–Crippen LogP) is 3.85. The normalized spacial score (nSPS) is 10.4. The molecule has 0 saturated carbocycles. The number of aryl methyl sites for hydroxylation is 1. The van der Waals surface area contributed by atoms with Crippen molar-refractivity contribution in [2.45, 2.75) is 20.3 Å². The van der Waals surface area contributed by atoms with E-state index in [9.17, 15) is 4.79 Å². The van der Waals surface area contributed by atoms with Crippen LogP contribution in [0.3, 0.4) is 0 Å². The Morgan fingerprint density at radius 1 is 1.41 bits per heavy atom. The molecule has 0 aromatic heterocycles. The van der Waals surface area contributed by atoms with Gasteiger partial charge in [0.25, 0.3) is 5.91 Å². The van der Waals surface area contributed by atoms with Crippen LogP contribution in [0.1, 0.15) is 29.3 Å². The maximum atomic E-state index is 12.3. The van der Waals surface area contributed by atoms with Crippen LogP contribution in [0.4, 0.5) is 0 Å². The molecule has 0 aliphatic carbocycles. The Hall–Kier alpha value is -0.540. The summed E-state index contributed by atoms with van der Waals surface area (Å²) in [7, 11) is 0. The highest BCUT2D eigenvalue weighted by atomic mass is 79.9. The second-order valence-corrected chi connectivity index (χ2v) is 5.20. The molecule has 4 heteroatoms. The third-order valence-electron chi connectivity index (χ3n) is 2.49. The van der Waals surface area contributed by atoms with Gasteiger partial charge in [-0.1, -0.05) is 18.6 Å². The zero-order chi connectivity index (χ0) is 12.8. The monoisotopic (exact) mass is 317 g/mol. The molecule has 94 valence electrons. The van der Waals surface area contributed by atoms with Gasteiger partial charge in [0.1, 0.15) is 0 Å². The second kappa shape index (κ2) is 7.02. The van der Waals surface area contributed by atoms with Gasteiger partial charge < -0.3 is 4.90 Å². The van der Waals surface area contributed by atoms with Gasteiger partial charge in [0.2, 0.25) is 0 Å². The zero-order valence-electron chi connectivity index (χ0n) is 10.2. The van der Waals surface area contributed by atoms with Gasteiger partial charge in [-0.25, -0.2) is 0 Å². The average Bonchev–Trinajstić information content (AvgIpc) is 2.31. The molecule has 2 nitrogen and oxygen atoms in total. The van der Waals surface area contributed by atoms with E-state index in [0.717, 1.165) is 23.0 Å². The first-order valence-corrected chi connectivity index (χ1v) is 7.04. The van der Waals surface area contributed by atoms with E-state index in [1.165, 1.54) is 0 Å². The molecule has 0 unspecified atom stereocenters. The predicted molar refractivity (Wildman–Crippen MR) is 75.8 cm³/mol. The van der Waals surface area contributed by atoms with Crippen LogP contribution in [0, 0.1) is 6.92 Å². The highest BCUT2D eigenvalue weighted by molar-refractivity contribution is 9.10. The smallest absolute Gasteiger partial charge is 0.255 e.